The number of halogens is 1. The second-order valence-electron chi connectivity index (χ2n) is 3.85. The first-order valence-electron chi connectivity index (χ1n) is 5.12. The summed E-state index contributed by atoms with van der Waals surface area (Å²) < 4.78 is 5.57. The molecule has 1 atom stereocenters. The minimum atomic E-state index is -0.511. The van der Waals surface area contributed by atoms with E-state index in [0.717, 1.165) is 12.8 Å². The van der Waals surface area contributed by atoms with Crippen LogP contribution in [0.5, 0.6) is 0 Å². The van der Waals surface area contributed by atoms with E-state index in [4.69, 9.17) is 4.74 Å². The van der Waals surface area contributed by atoms with E-state index < -0.39 is 6.10 Å². The molecule has 0 aromatic carbocycles. The Morgan fingerprint density at radius 3 is 2.71 bits per heavy atom. The fraction of sp³-hybridized carbons (Fsp3) is 0.900. The second-order valence-corrected chi connectivity index (χ2v) is 4.73. The first-order valence-corrected chi connectivity index (χ1v) is 6.64. The zero-order valence-corrected chi connectivity index (χ0v) is 10.4. The Kier molecular flexibility index (Phi) is 5.77. The maximum atomic E-state index is 11.3. The normalized spacial score (nSPS) is 19.6. The molecule has 82 valence electrons. The smallest absolute Gasteiger partial charge is 0.306 e. The Bertz CT molecular complexity index is 178. The summed E-state index contributed by atoms with van der Waals surface area (Å²) in [6.07, 6.45) is 4.83. The van der Waals surface area contributed by atoms with Gasteiger partial charge < -0.3 is 9.84 Å². The minimum absolute atomic E-state index is 0.147. The van der Waals surface area contributed by atoms with Gasteiger partial charge >= 0.3 is 5.97 Å². The van der Waals surface area contributed by atoms with Crippen LogP contribution < -0.4 is 0 Å². The molecule has 0 aromatic rings. The van der Waals surface area contributed by atoms with E-state index in [2.05, 4.69) is 22.6 Å². The third-order valence-corrected chi connectivity index (χ3v) is 3.56. The predicted molar refractivity (Wildman–Crippen MR) is 62.4 cm³/mol. The number of hydrogen-bond donors (Lipinski definition) is 1. The van der Waals surface area contributed by atoms with Crippen LogP contribution in [-0.2, 0) is 9.53 Å². The van der Waals surface area contributed by atoms with Crippen molar-refractivity contribution in [1.29, 1.82) is 0 Å². The molecular formula is C10H17IO3. The summed E-state index contributed by atoms with van der Waals surface area (Å²) in [5.41, 5.74) is 0. The number of aliphatic hydroxyl groups excluding tert-OH is 1. The van der Waals surface area contributed by atoms with Gasteiger partial charge in [0.25, 0.3) is 0 Å². The summed E-state index contributed by atoms with van der Waals surface area (Å²) in [5.74, 6) is 0.375. The quantitative estimate of drug-likeness (QED) is 0.479. The zero-order valence-electron chi connectivity index (χ0n) is 8.25. The molecule has 1 fully saturated rings. The van der Waals surface area contributed by atoms with Gasteiger partial charge in [-0.15, -0.1) is 0 Å². The number of rotatable bonds is 5. The molecule has 1 aliphatic rings. The maximum Gasteiger partial charge on any atom is 0.306 e. The van der Waals surface area contributed by atoms with Crippen LogP contribution in [0.1, 0.15) is 32.1 Å². The summed E-state index contributed by atoms with van der Waals surface area (Å²) in [5, 5.41) is 9.18. The van der Waals surface area contributed by atoms with E-state index in [9.17, 15) is 9.90 Å². The van der Waals surface area contributed by atoms with E-state index in [1.54, 1.807) is 0 Å². The molecule has 3 nitrogen and oxygen atoms in total. The molecule has 1 N–H and O–H groups in total. The van der Waals surface area contributed by atoms with Gasteiger partial charge in [0.05, 0.1) is 6.10 Å². The van der Waals surface area contributed by atoms with E-state index in [0.29, 0.717) is 16.8 Å². The largest absolute Gasteiger partial charge is 0.463 e. The van der Waals surface area contributed by atoms with Gasteiger partial charge in [0.15, 0.2) is 0 Å². The van der Waals surface area contributed by atoms with Crippen molar-refractivity contribution in [3.8, 4) is 0 Å². The van der Waals surface area contributed by atoms with E-state index in [1.807, 2.05) is 0 Å². The van der Waals surface area contributed by atoms with Crippen LogP contribution in [0.3, 0.4) is 0 Å². The number of carbonyl (C=O) groups excluding carboxylic acids is 1. The number of carbonyl (C=O) groups is 1. The maximum absolute atomic E-state index is 11.3. The van der Waals surface area contributed by atoms with Crippen molar-refractivity contribution in [2.45, 2.75) is 38.2 Å². The molecule has 1 aliphatic carbocycles. The summed E-state index contributed by atoms with van der Waals surface area (Å²) >= 11 is 2.07. The highest BCUT2D eigenvalue weighted by atomic mass is 127. The fourth-order valence-corrected chi connectivity index (χ4v) is 2.00. The number of alkyl halides is 1. The van der Waals surface area contributed by atoms with Crippen LogP contribution in [0.15, 0.2) is 0 Å². The highest BCUT2D eigenvalue weighted by Crippen LogP contribution is 2.27. The van der Waals surface area contributed by atoms with Crippen LogP contribution >= 0.6 is 22.6 Å². The summed E-state index contributed by atoms with van der Waals surface area (Å²) in [6.45, 7) is 0.147. The van der Waals surface area contributed by atoms with Gasteiger partial charge in [-0.2, -0.15) is 0 Å². The highest BCUT2D eigenvalue weighted by Gasteiger charge is 2.19. The molecule has 0 aromatic heterocycles. The van der Waals surface area contributed by atoms with Gasteiger partial charge in [0.1, 0.15) is 6.61 Å². The number of esters is 1. The molecular weight excluding hydrogens is 295 g/mol. The molecule has 4 heteroatoms. The van der Waals surface area contributed by atoms with Crippen molar-refractivity contribution in [1.82, 2.24) is 0 Å². The van der Waals surface area contributed by atoms with Gasteiger partial charge in [-0.25, -0.2) is 0 Å². The monoisotopic (exact) mass is 312 g/mol. The first-order chi connectivity index (χ1) is 6.72. The van der Waals surface area contributed by atoms with E-state index in [-0.39, 0.29) is 12.6 Å². The summed E-state index contributed by atoms with van der Waals surface area (Å²) in [6, 6.07) is 0. The van der Waals surface area contributed by atoms with Crippen molar-refractivity contribution in [3.05, 3.63) is 0 Å². The lowest BCUT2D eigenvalue weighted by Gasteiger charge is -2.10. The van der Waals surface area contributed by atoms with Crippen LogP contribution in [0.4, 0.5) is 0 Å². The zero-order chi connectivity index (χ0) is 10.4. The molecule has 1 unspecified atom stereocenters. The second kappa shape index (κ2) is 6.61. The standard InChI is InChI=1S/C10H17IO3/c11-6-9(12)7-14-10(13)5-8-3-1-2-4-8/h8-9,12H,1-7H2. The number of aliphatic hydroxyl groups is 1. The lowest BCUT2D eigenvalue weighted by molar-refractivity contribution is -0.147. The van der Waals surface area contributed by atoms with Gasteiger partial charge in [0.2, 0.25) is 0 Å². The molecule has 0 aliphatic heterocycles. The first kappa shape index (κ1) is 12.2. The Labute approximate surface area is 98.3 Å². The molecule has 0 saturated heterocycles. The highest BCUT2D eigenvalue weighted by molar-refractivity contribution is 14.1. The topological polar surface area (TPSA) is 46.5 Å². The Morgan fingerprint density at radius 1 is 1.50 bits per heavy atom. The van der Waals surface area contributed by atoms with Gasteiger partial charge in [-0.3, -0.25) is 4.79 Å². The molecule has 0 heterocycles. The molecule has 0 amide bonds. The Morgan fingerprint density at radius 2 is 2.14 bits per heavy atom. The van der Waals surface area contributed by atoms with Crippen molar-refractivity contribution >= 4 is 28.6 Å². The average Bonchev–Trinajstić information content (AvgIpc) is 2.66. The van der Waals surface area contributed by atoms with E-state index >= 15 is 0 Å². The van der Waals surface area contributed by atoms with Gasteiger partial charge in [0, 0.05) is 10.8 Å². The average molecular weight is 312 g/mol. The van der Waals surface area contributed by atoms with Crippen molar-refractivity contribution in [3.63, 3.8) is 0 Å². The van der Waals surface area contributed by atoms with Crippen LogP contribution in [0, 0.1) is 5.92 Å². The Balaban J connectivity index is 2.09. The third-order valence-electron chi connectivity index (χ3n) is 2.54. The number of hydrogen-bond acceptors (Lipinski definition) is 3. The molecule has 0 bridgehead atoms. The van der Waals surface area contributed by atoms with Crippen LogP contribution in [0.2, 0.25) is 0 Å². The fourth-order valence-electron chi connectivity index (χ4n) is 1.74. The van der Waals surface area contributed by atoms with Crippen molar-refractivity contribution in [2.24, 2.45) is 5.92 Å². The lowest BCUT2D eigenvalue weighted by Crippen LogP contribution is -2.20. The van der Waals surface area contributed by atoms with Gasteiger partial charge in [-0.1, -0.05) is 35.4 Å². The van der Waals surface area contributed by atoms with Gasteiger partial charge in [-0.05, 0) is 18.8 Å². The SMILES string of the molecule is O=C(CC1CCCC1)OCC(O)CI. The van der Waals surface area contributed by atoms with Crippen molar-refractivity contribution in [2.75, 3.05) is 11.0 Å². The van der Waals surface area contributed by atoms with Crippen LogP contribution in [-0.4, -0.2) is 28.2 Å². The lowest BCUT2D eigenvalue weighted by atomic mass is 10.0. The van der Waals surface area contributed by atoms with E-state index in [1.165, 1.54) is 12.8 Å². The molecule has 0 spiro atoms. The molecule has 0 radical (unpaired) electrons. The summed E-state index contributed by atoms with van der Waals surface area (Å²) in [4.78, 5) is 11.3. The minimum Gasteiger partial charge on any atom is -0.463 e. The summed E-state index contributed by atoms with van der Waals surface area (Å²) in [7, 11) is 0. The van der Waals surface area contributed by atoms with Crippen molar-refractivity contribution < 1.29 is 14.6 Å². The molecule has 1 saturated carbocycles. The molecule has 14 heavy (non-hydrogen) atoms. The molecule has 1 rings (SSSR count). The number of ether oxygens (including phenoxy) is 1. The predicted octanol–water partition coefficient (Wildman–Crippen LogP) is 1.91. The Hall–Kier alpha value is 0.160. The van der Waals surface area contributed by atoms with Crippen LogP contribution in [0.25, 0.3) is 0 Å². The third kappa shape index (κ3) is 4.59.